The zero-order valence-corrected chi connectivity index (χ0v) is 20.2. The normalized spacial score (nSPS) is 24.7. The fourth-order valence-corrected chi connectivity index (χ4v) is 6.07. The average molecular weight is 488 g/mol. The molecule has 8 nitrogen and oxygen atoms in total. The Morgan fingerprint density at radius 2 is 1.79 bits per heavy atom. The summed E-state index contributed by atoms with van der Waals surface area (Å²) < 4.78 is 45.5. The van der Waals surface area contributed by atoms with Gasteiger partial charge in [0.1, 0.15) is 5.75 Å². The Balaban J connectivity index is 1.90. The highest BCUT2D eigenvalue weighted by atomic mass is 32.2. The molecular formula is C25H29NO7S. The van der Waals surface area contributed by atoms with Crippen molar-refractivity contribution in [3.63, 3.8) is 0 Å². The van der Waals surface area contributed by atoms with Gasteiger partial charge in [-0.3, -0.25) is 4.79 Å². The van der Waals surface area contributed by atoms with Crippen molar-refractivity contribution in [1.82, 2.24) is 4.31 Å². The lowest BCUT2D eigenvalue weighted by Gasteiger charge is -2.47. The molecule has 182 valence electrons. The van der Waals surface area contributed by atoms with E-state index in [-0.39, 0.29) is 17.2 Å². The zero-order valence-electron chi connectivity index (χ0n) is 19.4. The lowest BCUT2D eigenvalue weighted by molar-refractivity contribution is -0.216. The summed E-state index contributed by atoms with van der Waals surface area (Å²) in [6, 6.07) is 13.4. The number of methoxy groups -OCH3 is 1. The number of hydrogen-bond donors (Lipinski definition) is 1. The first kappa shape index (κ1) is 24.3. The van der Waals surface area contributed by atoms with Crippen LogP contribution >= 0.6 is 0 Å². The highest BCUT2D eigenvalue weighted by Crippen LogP contribution is 2.45. The predicted molar refractivity (Wildman–Crippen MR) is 125 cm³/mol. The second-order valence-corrected chi connectivity index (χ2v) is 10.2. The van der Waals surface area contributed by atoms with Gasteiger partial charge in [0.2, 0.25) is 0 Å². The minimum absolute atomic E-state index is 0.0921. The third kappa shape index (κ3) is 4.55. The van der Waals surface area contributed by atoms with Gasteiger partial charge in [0.25, 0.3) is 10.0 Å². The van der Waals surface area contributed by atoms with Crippen LogP contribution in [0.5, 0.6) is 5.75 Å². The number of carbonyl (C=O) groups is 1. The summed E-state index contributed by atoms with van der Waals surface area (Å²) in [6.45, 7) is 3.80. The molecule has 2 heterocycles. The van der Waals surface area contributed by atoms with Crippen LogP contribution in [-0.4, -0.2) is 50.0 Å². The van der Waals surface area contributed by atoms with Crippen LogP contribution in [-0.2, 0) is 24.3 Å². The summed E-state index contributed by atoms with van der Waals surface area (Å²) in [5.74, 6) is -1.07. The molecule has 0 saturated carbocycles. The van der Waals surface area contributed by atoms with E-state index >= 15 is 0 Å². The van der Waals surface area contributed by atoms with Crippen LogP contribution in [0.1, 0.15) is 30.9 Å². The minimum Gasteiger partial charge on any atom is -0.497 e. The third-order valence-electron chi connectivity index (χ3n) is 6.20. The van der Waals surface area contributed by atoms with E-state index in [4.69, 9.17) is 14.2 Å². The molecule has 0 amide bonds. The van der Waals surface area contributed by atoms with E-state index in [1.165, 1.54) is 4.31 Å². The fourth-order valence-electron chi connectivity index (χ4n) is 4.45. The number of carbonyl (C=O) groups excluding carboxylic acids is 1. The van der Waals surface area contributed by atoms with Crippen LogP contribution in [0.4, 0.5) is 0 Å². The molecule has 0 bridgehead atoms. The first-order valence-corrected chi connectivity index (χ1v) is 12.7. The SMILES string of the molecule is CCOC(=O)[C@H]1C=C(c2ccc(OC)cc2)N(S(=O)(=O)c2ccc(C)cc2)[C@@H]2OC(O)CC[C@H]12. The summed E-state index contributed by atoms with van der Waals surface area (Å²) in [7, 11) is -2.56. The van der Waals surface area contributed by atoms with Gasteiger partial charge < -0.3 is 19.3 Å². The van der Waals surface area contributed by atoms with Gasteiger partial charge in [-0.2, -0.15) is 0 Å². The molecule has 1 saturated heterocycles. The van der Waals surface area contributed by atoms with E-state index < -0.39 is 40.3 Å². The second kappa shape index (κ2) is 9.77. The van der Waals surface area contributed by atoms with Crippen LogP contribution in [0.3, 0.4) is 0 Å². The van der Waals surface area contributed by atoms with Gasteiger partial charge >= 0.3 is 5.97 Å². The van der Waals surface area contributed by atoms with Gasteiger partial charge in [-0.15, -0.1) is 0 Å². The van der Waals surface area contributed by atoms with Crippen LogP contribution in [0.2, 0.25) is 0 Å². The molecule has 1 unspecified atom stereocenters. The molecule has 0 aliphatic carbocycles. The molecule has 1 fully saturated rings. The summed E-state index contributed by atoms with van der Waals surface area (Å²) in [5, 5.41) is 10.3. The van der Waals surface area contributed by atoms with Crippen LogP contribution in [0, 0.1) is 18.8 Å². The standard InChI is InChI=1S/C25H29NO7S/c1-4-32-25(28)21-15-22(17-7-9-18(31-3)10-8-17)26(24-20(21)13-14-23(27)33-24)34(29,30)19-11-5-16(2)6-12-19/h5-12,15,20-21,23-24,27H,4,13-14H2,1-3H3/t20-,21+,23?,24-/m1/s1. The lowest BCUT2D eigenvalue weighted by atomic mass is 9.81. The summed E-state index contributed by atoms with van der Waals surface area (Å²) in [5.41, 5.74) is 1.78. The molecule has 2 aliphatic rings. The predicted octanol–water partition coefficient (Wildman–Crippen LogP) is 3.30. The van der Waals surface area contributed by atoms with E-state index in [0.717, 1.165) is 5.56 Å². The number of benzene rings is 2. The molecule has 4 atom stereocenters. The van der Waals surface area contributed by atoms with E-state index in [2.05, 4.69) is 0 Å². The number of aliphatic hydroxyl groups is 1. The maximum absolute atomic E-state index is 14.0. The van der Waals surface area contributed by atoms with Crippen molar-refractivity contribution < 1.29 is 32.5 Å². The van der Waals surface area contributed by atoms with Crippen molar-refractivity contribution in [1.29, 1.82) is 0 Å². The maximum Gasteiger partial charge on any atom is 0.313 e. The Morgan fingerprint density at radius 1 is 1.12 bits per heavy atom. The highest BCUT2D eigenvalue weighted by Gasteiger charge is 2.50. The Kier molecular flexibility index (Phi) is 6.97. The van der Waals surface area contributed by atoms with Crippen molar-refractivity contribution in [2.45, 2.75) is 44.1 Å². The third-order valence-corrected chi connectivity index (χ3v) is 7.99. The second-order valence-electron chi connectivity index (χ2n) is 8.39. The van der Waals surface area contributed by atoms with Crippen molar-refractivity contribution >= 4 is 21.7 Å². The number of esters is 1. The Labute approximate surface area is 199 Å². The lowest BCUT2D eigenvalue weighted by Crippen LogP contribution is -2.54. The largest absolute Gasteiger partial charge is 0.497 e. The average Bonchev–Trinajstić information content (AvgIpc) is 2.83. The quantitative estimate of drug-likeness (QED) is 0.624. The first-order chi connectivity index (χ1) is 16.3. The number of hydrogen-bond acceptors (Lipinski definition) is 7. The molecule has 34 heavy (non-hydrogen) atoms. The molecular weight excluding hydrogens is 458 g/mol. The number of rotatable bonds is 6. The van der Waals surface area contributed by atoms with Crippen molar-refractivity contribution in [2.24, 2.45) is 11.8 Å². The molecule has 2 aliphatic heterocycles. The molecule has 9 heteroatoms. The van der Waals surface area contributed by atoms with Gasteiger partial charge in [0.15, 0.2) is 12.5 Å². The van der Waals surface area contributed by atoms with Gasteiger partial charge in [-0.05, 0) is 74.7 Å². The Hall–Kier alpha value is -2.88. The van der Waals surface area contributed by atoms with Crippen molar-refractivity contribution in [3.05, 3.63) is 65.7 Å². The molecule has 0 radical (unpaired) electrons. The van der Waals surface area contributed by atoms with Gasteiger partial charge in [-0.1, -0.05) is 17.7 Å². The number of aliphatic hydroxyl groups excluding tert-OH is 1. The monoisotopic (exact) mass is 487 g/mol. The van der Waals surface area contributed by atoms with Crippen LogP contribution < -0.4 is 4.74 Å². The first-order valence-electron chi connectivity index (χ1n) is 11.2. The van der Waals surface area contributed by atoms with Gasteiger partial charge in [0.05, 0.1) is 30.2 Å². The van der Waals surface area contributed by atoms with E-state index in [0.29, 0.717) is 24.2 Å². The van der Waals surface area contributed by atoms with Gasteiger partial charge in [-0.25, -0.2) is 12.7 Å². The highest BCUT2D eigenvalue weighted by molar-refractivity contribution is 7.89. The number of fused-ring (bicyclic) bond motifs is 1. The van der Waals surface area contributed by atoms with Crippen LogP contribution in [0.15, 0.2) is 59.5 Å². The molecule has 0 aromatic heterocycles. The molecule has 0 spiro atoms. The number of ether oxygens (including phenoxy) is 3. The fraction of sp³-hybridized carbons (Fsp3) is 0.400. The number of nitrogens with zero attached hydrogens (tertiary/aromatic N) is 1. The topological polar surface area (TPSA) is 102 Å². The molecule has 2 aromatic rings. The zero-order chi connectivity index (χ0) is 24.5. The van der Waals surface area contributed by atoms with Crippen LogP contribution in [0.25, 0.3) is 5.70 Å². The molecule has 4 rings (SSSR count). The molecule has 2 aromatic carbocycles. The van der Waals surface area contributed by atoms with Gasteiger partial charge in [0, 0.05) is 5.92 Å². The smallest absolute Gasteiger partial charge is 0.313 e. The van der Waals surface area contributed by atoms with E-state index in [1.54, 1.807) is 68.6 Å². The Morgan fingerprint density at radius 3 is 2.41 bits per heavy atom. The van der Waals surface area contributed by atoms with Crippen molar-refractivity contribution in [3.8, 4) is 5.75 Å². The van der Waals surface area contributed by atoms with E-state index in [9.17, 15) is 18.3 Å². The van der Waals surface area contributed by atoms with E-state index in [1.807, 2.05) is 6.92 Å². The Bertz CT molecular complexity index is 1160. The summed E-state index contributed by atoms with van der Waals surface area (Å²) >= 11 is 0. The van der Waals surface area contributed by atoms with Crippen molar-refractivity contribution in [2.75, 3.05) is 13.7 Å². The molecule has 1 N–H and O–H groups in total. The number of aryl methyl sites for hydroxylation is 1. The summed E-state index contributed by atoms with van der Waals surface area (Å²) in [4.78, 5) is 13.0. The summed E-state index contributed by atoms with van der Waals surface area (Å²) in [6.07, 6.45) is 0.123. The number of sulfonamides is 1. The maximum atomic E-state index is 14.0. The minimum atomic E-state index is -4.10.